The van der Waals surface area contributed by atoms with Crippen LogP contribution in [0.25, 0.3) is 11.3 Å². The molecule has 1 saturated carbocycles. The summed E-state index contributed by atoms with van der Waals surface area (Å²) >= 11 is 0. The highest BCUT2D eigenvalue weighted by Gasteiger charge is 2.67. The quantitative estimate of drug-likeness (QED) is 0.930. The van der Waals surface area contributed by atoms with Crippen molar-refractivity contribution >= 4 is 5.91 Å². The minimum Gasteiger partial charge on any atom is -0.356 e. The van der Waals surface area contributed by atoms with E-state index in [2.05, 4.69) is 29.4 Å². The van der Waals surface area contributed by atoms with Crippen LogP contribution in [0.1, 0.15) is 50.8 Å². The summed E-state index contributed by atoms with van der Waals surface area (Å²) in [6.07, 6.45) is 1.73. The minimum absolute atomic E-state index is 0.0363. The summed E-state index contributed by atoms with van der Waals surface area (Å²) in [6, 6.07) is 8.53. The summed E-state index contributed by atoms with van der Waals surface area (Å²) in [5.41, 5.74) is 1.95. The number of fused-ring (bicyclic) bond motifs is 5. The van der Waals surface area contributed by atoms with Gasteiger partial charge in [-0.2, -0.15) is 10.2 Å². The summed E-state index contributed by atoms with van der Waals surface area (Å²) in [5, 5.41) is 11.7. The van der Waals surface area contributed by atoms with E-state index in [-0.39, 0.29) is 23.1 Å². The maximum absolute atomic E-state index is 14.1. The molecule has 1 heterocycles. The molecule has 0 saturated heterocycles. The van der Waals surface area contributed by atoms with Gasteiger partial charge in [0.1, 0.15) is 5.82 Å². The number of likely N-dealkylation sites (N-methyl/N-ethyl adjacent to an activating group) is 1. The zero-order valence-electron chi connectivity index (χ0n) is 14.8. The second kappa shape index (κ2) is 5.35. The van der Waals surface area contributed by atoms with Crippen molar-refractivity contribution in [3.05, 3.63) is 47.4 Å². The fraction of sp³-hybridized carbons (Fsp3) is 0.450. The molecule has 0 radical (unpaired) electrons. The minimum atomic E-state index is -0.635. The highest BCUT2D eigenvalue weighted by Crippen LogP contribution is 2.67. The molecule has 0 aliphatic heterocycles. The molecule has 0 spiro atoms. The average Bonchev–Trinajstić information content (AvgIpc) is 2.97. The molecule has 2 atom stereocenters. The Kier molecular flexibility index (Phi) is 3.46. The molecule has 130 valence electrons. The van der Waals surface area contributed by atoms with Crippen molar-refractivity contribution in [2.75, 3.05) is 6.54 Å². The lowest BCUT2D eigenvalue weighted by atomic mass is 9.67. The number of nitrogens with zero attached hydrogens (tertiary/aromatic N) is 2. The highest BCUT2D eigenvalue weighted by molar-refractivity contribution is 5.91. The molecule has 2 bridgehead atoms. The molecule has 2 aromatic rings. The molecule has 4 rings (SSSR count). The van der Waals surface area contributed by atoms with E-state index in [1.165, 1.54) is 6.07 Å². The van der Waals surface area contributed by atoms with Crippen LogP contribution in [0.4, 0.5) is 4.39 Å². The van der Waals surface area contributed by atoms with E-state index in [1.807, 2.05) is 13.0 Å². The van der Waals surface area contributed by atoms with Crippen LogP contribution in [0.2, 0.25) is 0 Å². The van der Waals surface area contributed by atoms with Crippen molar-refractivity contribution < 1.29 is 9.18 Å². The Labute approximate surface area is 146 Å². The Balaban J connectivity index is 1.88. The Morgan fingerprint density at radius 1 is 1.32 bits per heavy atom. The van der Waals surface area contributed by atoms with Gasteiger partial charge in [-0.05, 0) is 54.9 Å². The summed E-state index contributed by atoms with van der Waals surface area (Å²) in [4.78, 5) is 13.0. The fourth-order valence-corrected chi connectivity index (χ4v) is 4.94. The number of nitrogens with one attached hydrogen (secondary N) is 1. The van der Waals surface area contributed by atoms with Crippen LogP contribution in [0.3, 0.4) is 0 Å². The predicted molar refractivity (Wildman–Crippen MR) is 93.5 cm³/mol. The first-order valence-electron chi connectivity index (χ1n) is 8.84. The van der Waals surface area contributed by atoms with E-state index in [1.54, 1.807) is 18.2 Å². The lowest BCUT2D eigenvalue weighted by Crippen LogP contribution is -2.49. The number of amides is 1. The SMILES string of the molecule is CCNC(=O)C12CCC(c3cc(-c4ccccc4F)nnc31)C2(C)C. The van der Waals surface area contributed by atoms with Gasteiger partial charge in [0.25, 0.3) is 0 Å². The molecule has 1 N–H and O–H groups in total. The number of carbonyl (C=O) groups is 1. The van der Waals surface area contributed by atoms with E-state index in [0.29, 0.717) is 17.8 Å². The van der Waals surface area contributed by atoms with E-state index in [9.17, 15) is 9.18 Å². The first-order valence-corrected chi connectivity index (χ1v) is 8.84. The number of halogens is 1. The third-order valence-corrected chi connectivity index (χ3v) is 6.26. The number of hydrogen-bond acceptors (Lipinski definition) is 3. The second-order valence-electron chi connectivity index (χ2n) is 7.59. The van der Waals surface area contributed by atoms with Crippen molar-refractivity contribution in [2.24, 2.45) is 5.41 Å². The topological polar surface area (TPSA) is 54.9 Å². The molecule has 2 unspecified atom stereocenters. The molecule has 1 aromatic heterocycles. The van der Waals surface area contributed by atoms with Gasteiger partial charge in [0, 0.05) is 12.1 Å². The van der Waals surface area contributed by atoms with E-state index in [4.69, 9.17) is 0 Å². The van der Waals surface area contributed by atoms with Gasteiger partial charge >= 0.3 is 0 Å². The third kappa shape index (κ3) is 1.95. The van der Waals surface area contributed by atoms with Crippen molar-refractivity contribution in [1.29, 1.82) is 0 Å². The lowest BCUT2D eigenvalue weighted by Gasteiger charge is -2.36. The van der Waals surface area contributed by atoms with Crippen LogP contribution < -0.4 is 5.32 Å². The highest BCUT2D eigenvalue weighted by atomic mass is 19.1. The van der Waals surface area contributed by atoms with Crippen molar-refractivity contribution in [3.63, 3.8) is 0 Å². The predicted octanol–water partition coefficient (Wildman–Crippen LogP) is 3.57. The van der Waals surface area contributed by atoms with Crippen LogP contribution in [-0.2, 0) is 10.2 Å². The van der Waals surface area contributed by atoms with Gasteiger partial charge < -0.3 is 5.32 Å². The molecule has 4 nitrogen and oxygen atoms in total. The first kappa shape index (κ1) is 16.2. The molecule has 2 aliphatic rings. The van der Waals surface area contributed by atoms with Gasteiger partial charge in [-0.25, -0.2) is 4.39 Å². The van der Waals surface area contributed by atoms with Crippen LogP contribution in [0, 0.1) is 11.2 Å². The van der Waals surface area contributed by atoms with Gasteiger partial charge in [-0.1, -0.05) is 26.0 Å². The molecule has 1 amide bonds. The van der Waals surface area contributed by atoms with Gasteiger partial charge in [-0.3, -0.25) is 4.79 Å². The average molecular weight is 339 g/mol. The van der Waals surface area contributed by atoms with Gasteiger partial charge in [0.2, 0.25) is 5.91 Å². The van der Waals surface area contributed by atoms with Gasteiger partial charge in [0.05, 0.1) is 16.8 Å². The summed E-state index contributed by atoms with van der Waals surface area (Å²) < 4.78 is 14.1. The van der Waals surface area contributed by atoms with Gasteiger partial charge in [0.15, 0.2) is 0 Å². The monoisotopic (exact) mass is 339 g/mol. The third-order valence-electron chi connectivity index (χ3n) is 6.26. The second-order valence-corrected chi connectivity index (χ2v) is 7.59. The normalized spacial score (nSPS) is 25.7. The lowest BCUT2D eigenvalue weighted by molar-refractivity contribution is -0.129. The summed E-state index contributed by atoms with van der Waals surface area (Å²) in [5.74, 6) is -0.0297. The molecule has 1 fully saturated rings. The molecular weight excluding hydrogens is 317 g/mol. The van der Waals surface area contributed by atoms with E-state index >= 15 is 0 Å². The van der Waals surface area contributed by atoms with Crippen LogP contribution in [0.5, 0.6) is 0 Å². The number of benzene rings is 1. The number of carbonyl (C=O) groups excluding carboxylic acids is 1. The van der Waals surface area contributed by atoms with E-state index < -0.39 is 5.41 Å². The first-order chi connectivity index (χ1) is 11.9. The van der Waals surface area contributed by atoms with Crippen molar-refractivity contribution in [1.82, 2.24) is 15.5 Å². The zero-order valence-corrected chi connectivity index (χ0v) is 14.8. The van der Waals surface area contributed by atoms with Crippen molar-refractivity contribution in [3.8, 4) is 11.3 Å². The van der Waals surface area contributed by atoms with Crippen molar-refractivity contribution in [2.45, 2.75) is 44.9 Å². The Bertz CT molecular complexity index is 864. The van der Waals surface area contributed by atoms with Crippen LogP contribution >= 0.6 is 0 Å². The summed E-state index contributed by atoms with van der Waals surface area (Å²) in [6.45, 7) is 6.81. The largest absolute Gasteiger partial charge is 0.356 e. The molecule has 25 heavy (non-hydrogen) atoms. The maximum atomic E-state index is 14.1. The number of aromatic nitrogens is 2. The Morgan fingerprint density at radius 3 is 2.80 bits per heavy atom. The Morgan fingerprint density at radius 2 is 2.08 bits per heavy atom. The Hall–Kier alpha value is -2.30. The molecular formula is C20H22FN3O. The molecule has 2 aliphatic carbocycles. The maximum Gasteiger partial charge on any atom is 0.232 e. The zero-order chi connectivity index (χ0) is 17.8. The van der Waals surface area contributed by atoms with Crippen LogP contribution in [0.15, 0.2) is 30.3 Å². The van der Waals surface area contributed by atoms with E-state index in [0.717, 1.165) is 24.1 Å². The smallest absolute Gasteiger partial charge is 0.232 e. The van der Waals surface area contributed by atoms with Gasteiger partial charge in [-0.15, -0.1) is 0 Å². The molecule has 5 heteroatoms. The summed E-state index contributed by atoms with van der Waals surface area (Å²) in [7, 11) is 0. The molecule has 1 aromatic carbocycles. The standard InChI is InChI=1S/C20H22FN3O/c1-4-22-18(25)20-10-9-14(19(20,2)3)13-11-16(23-24-17(13)20)12-7-5-6-8-15(12)21/h5-8,11,14H,4,9-10H2,1-3H3,(H,22,25). The number of hydrogen-bond donors (Lipinski definition) is 1. The number of rotatable bonds is 3. The van der Waals surface area contributed by atoms with Crippen LogP contribution in [-0.4, -0.2) is 22.6 Å². The fourth-order valence-electron chi connectivity index (χ4n) is 4.94.